The summed E-state index contributed by atoms with van der Waals surface area (Å²) in [6, 6.07) is 22.4. The van der Waals surface area contributed by atoms with Crippen LogP contribution in [0.2, 0.25) is 0 Å². The van der Waals surface area contributed by atoms with Crippen molar-refractivity contribution in [3.8, 4) is 11.1 Å². The molecule has 2 aromatic heterocycles. The van der Waals surface area contributed by atoms with Crippen molar-refractivity contribution >= 4 is 29.4 Å². The van der Waals surface area contributed by atoms with E-state index >= 15 is 0 Å². The van der Waals surface area contributed by atoms with Gasteiger partial charge >= 0.3 is 0 Å². The quantitative estimate of drug-likeness (QED) is 0.191. The Bertz CT molecular complexity index is 1180. The average molecular weight is 489 g/mol. The number of aromatic nitrogens is 3. The Kier molecular flexibility index (Phi) is 8.21. The number of carbonyl (C=O) groups is 1. The summed E-state index contributed by atoms with van der Waals surface area (Å²) in [4.78, 5) is 16.3. The standard InChI is InChI=1S/C21H20N2OS2.C6H8N2/c1-15-22-23-20(26-15)25-13-7-6-12-21(14-24)18-10-4-2-8-16(18)17-9-3-5-11-19(17)21;7-5-6-3-1-2-4-8-6/h2-5,8-11,14H,6-7,12-13H2,1H3;1-4H,5,7H2. The number of carbonyl (C=O) groups excluding carboxylic acids is 1. The van der Waals surface area contributed by atoms with Crippen LogP contribution in [-0.4, -0.2) is 27.2 Å². The number of benzene rings is 2. The lowest BCUT2D eigenvalue weighted by molar-refractivity contribution is -0.111. The zero-order valence-corrected chi connectivity index (χ0v) is 20.8. The van der Waals surface area contributed by atoms with Crippen LogP contribution in [0.4, 0.5) is 0 Å². The Hall–Kier alpha value is -2.87. The third-order valence-electron chi connectivity index (χ3n) is 5.94. The highest BCUT2D eigenvalue weighted by molar-refractivity contribution is 8.01. The summed E-state index contributed by atoms with van der Waals surface area (Å²) in [7, 11) is 0. The monoisotopic (exact) mass is 488 g/mol. The van der Waals surface area contributed by atoms with Crippen molar-refractivity contribution in [1.29, 1.82) is 0 Å². The number of thioether (sulfide) groups is 1. The number of aldehydes is 1. The summed E-state index contributed by atoms with van der Waals surface area (Å²) in [5, 5.41) is 9.22. The summed E-state index contributed by atoms with van der Waals surface area (Å²) in [5.41, 5.74) is 10.4. The molecule has 0 amide bonds. The first-order valence-electron chi connectivity index (χ1n) is 11.4. The Morgan fingerprint density at radius 3 is 2.15 bits per heavy atom. The molecule has 0 spiro atoms. The minimum Gasteiger partial charge on any atom is -0.325 e. The summed E-state index contributed by atoms with van der Waals surface area (Å²) in [5.74, 6) is 1.01. The number of nitrogens with two attached hydrogens (primary N) is 1. The summed E-state index contributed by atoms with van der Waals surface area (Å²) < 4.78 is 1.03. The van der Waals surface area contributed by atoms with E-state index < -0.39 is 5.41 Å². The molecular formula is C27H28N4OS2. The molecule has 2 N–H and O–H groups in total. The minimum absolute atomic E-state index is 0.503. The molecule has 0 bridgehead atoms. The predicted molar refractivity (Wildman–Crippen MR) is 140 cm³/mol. The van der Waals surface area contributed by atoms with Crippen molar-refractivity contribution in [1.82, 2.24) is 15.2 Å². The lowest BCUT2D eigenvalue weighted by Gasteiger charge is -2.25. The number of fused-ring (bicyclic) bond motifs is 3. The molecular weight excluding hydrogens is 460 g/mol. The van der Waals surface area contributed by atoms with Crippen LogP contribution in [0, 0.1) is 6.92 Å². The summed E-state index contributed by atoms with van der Waals surface area (Å²) >= 11 is 3.40. The number of pyridine rings is 1. The van der Waals surface area contributed by atoms with Gasteiger partial charge in [0.2, 0.25) is 0 Å². The first-order chi connectivity index (χ1) is 16.7. The number of rotatable bonds is 8. The second-order valence-electron chi connectivity index (χ2n) is 8.10. The number of nitrogens with zero attached hydrogens (tertiary/aromatic N) is 3. The maximum Gasteiger partial charge on any atom is 0.174 e. The maximum absolute atomic E-state index is 12.3. The molecule has 2 aromatic carbocycles. The van der Waals surface area contributed by atoms with Crippen molar-refractivity contribution < 1.29 is 4.79 Å². The van der Waals surface area contributed by atoms with E-state index in [0.717, 1.165) is 51.2 Å². The Morgan fingerprint density at radius 1 is 0.941 bits per heavy atom. The van der Waals surface area contributed by atoms with Gasteiger partial charge in [0.05, 0.1) is 11.1 Å². The van der Waals surface area contributed by atoms with Crippen molar-refractivity contribution in [3.05, 3.63) is 94.8 Å². The zero-order valence-electron chi connectivity index (χ0n) is 19.2. The zero-order chi connectivity index (χ0) is 23.8. The molecule has 5 nitrogen and oxygen atoms in total. The van der Waals surface area contributed by atoms with Crippen molar-refractivity contribution in [3.63, 3.8) is 0 Å². The topological polar surface area (TPSA) is 81.8 Å². The van der Waals surface area contributed by atoms with Gasteiger partial charge in [-0.3, -0.25) is 4.98 Å². The summed E-state index contributed by atoms with van der Waals surface area (Å²) in [6.07, 6.45) is 5.82. The molecule has 0 radical (unpaired) electrons. The first-order valence-corrected chi connectivity index (χ1v) is 13.2. The molecule has 7 heteroatoms. The Labute approximate surface area is 208 Å². The fourth-order valence-corrected chi connectivity index (χ4v) is 6.22. The molecule has 0 saturated heterocycles. The molecule has 174 valence electrons. The van der Waals surface area contributed by atoms with E-state index in [1.165, 1.54) is 17.4 Å². The van der Waals surface area contributed by atoms with E-state index in [9.17, 15) is 4.79 Å². The van der Waals surface area contributed by atoms with Crippen LogP contribution < -0.4 is 5.73 Å². The fourth-order valence-electron chi connectivity index (χ4n) is 4.34. The van der Waals surface area contributed by atoms with Crippen LogP contribution in [0.15, 0.2) is 77.3 Å². The highest BCUT2D eigenvalue weighted by atomic mass is 32.2. The van der Waals surface area contributed by atoms with Gasteiger partial charge in [0.25, 0.3) is 0 Å². The van der Waals surface area contributed by atoms with Gasteiger partial charge in [-0.05, 0) is 54.2 Å². The van der Waals surface area contributed by atoms with E-state index in [2.05, 4.69) is 51.6 Å². The van der Waals surface area contributed by atoms with E-state index in [1.807, 2.05) is 37.3 Å². The number of unbranched alkanes of at least 4 members (excludes halogenated alkanes) is 1. The van der Waals surface area contributed by atoms with Gasteiger partial charge in [0.1, 0.15) is 11.3 Å². The first kappa shape index (κ1) is 24.3. The van der Waals surface area contributed by atoms with Gasteiger partial charge in [-0.2, -0.15) is 0 Å². The van der Waals surface area contributed by atoms with Gasteiger partial charge < -0.3 is 10.5 Å². The molecule has 5 rings (SSSR count). The normalized spacial score (nSPS) is 12.9. The lowest BCUT2D eigenvalue weighted by atomic mass is 9.75. The van der Waals surface area contributed by atoms with E-state index in [-0.39, 0.29) is 0 Å². The smallest absolute Gasteiger partial charge is 0.174 e. The number of hydrogen-bond acceptors (Lipinski definition) is 7. The van der Waals surface area contributed by atoms with E-state index in [1.54, 1.807) is 29.3 Å². The fraction of sp³-hybridized carbons (Fsp3) is 0.259. The molecule has 0 unspecified atom stereocenters. The third-order valence-corrected chi connectivity index (χ3v) is 8.00. The van der Waals surface area contributed by atoms with E-state index in [4.69, 9.17) is 5.73 Å². The van der Waals surface area contributed by atoms with Gasteiger partial charge in [-0.15, -0.1) is 10.2 Å². The molecule has 2 heterocycles. The van der Waals surface area contributed by atoms with Crippen LogP contribution in [0.5, 0.6) is 0 Å². The molecule has 34 heavy (non-hydrogen) atoms. The van der Waals surface area contributed by atoms with Crippen molar-refractivity contribution in [2.24, 2.45) is 5.73 Å². The molecule has 0 saturated carbocycles. The van der Waals surface area contributed by atoms with Gasteiger partial charge in [0.15, 0.2) is 4.34 Å². The molecule has 1 aliphatic carbocycles. The van der Waals surface area contributed by atoms with Crippen LogP contribution in [0.25, 0.3) is 11.1 Å². The van der Waals surface area contributed by atoms with Crippen LogP contribution in [0.3, 0.4) is 0 Å². The third kappa shape index (κ3) is 5.27. The molecule has 0 aliphatic heterocycles. The Balaban J connectivity index is 0.000000291. The van der Waals surface area contributed by atoms with Gasteiger partial charge in [-0.25, -0.2) is 0 Å². The second-order valence-corrected chi connectivity index (χ2v) is 10.6. The van der Waals surface area contributed by atoms with E-state index in [0.29, 0.717) is 6.54 Å². The average Bonchev–Trinajstić information content (AvgIpc) is 3.44. The molecule has 4 aromatic rings. The highest BCUT2D eigenvalue weighted by Crippen LogP contribution is 2.50. The predicted octanol–water partition coefficient (Wildman–Crippen LogP) is 5.81. The minimum atomic E-state index is -0.503. The SMILES string of the molecule is Cc1nnc(SCCCCC2(C=O)c3ccccc3-c3ccccc32)s1.NCc1ccccn1. The van der Waals surface area contributed by atoms with Crippen molar-refractivity contribution in [2.75, 3.05) is 5.75 Å². The van der Waals surface area contributed by atoms with Crippen LogP contribution in [-0.2, 0) is 16.8 Å². The molecule has 1 aliphatic rings. The van der Waals surface area contributed by atoms with Gasteiger partial charge in [0, 0.05) is 18.5 Å². The maximum atomic E-state index is 12.3. The lowest BCUT2D eigenvalue weighted by Crippen LogP contribution is -2.27. The van der Waals surface area contributed by atoms with Gasteiger partial charge in [-0.1, -0.05) is 84.1 Å². The number of aryl methyl sites for hydroxylation is 1. The molecule has 0 fully saturated rings. The highest BCUT2D eigenvalue weighted by Gasteiger charge is 2.42. The number of hydrogen-bond donors (Lipinski definition) is 1. The molecule has 0 atom stereocenters. The van der Waals surface area contributed by atoms with Crippen LogP contribution >= 0.6 is 23.1 Å². The largest absolute Gasteiger partial charge is 0.325 e. The second kappa shape index (κ2) is 11.5. The van der Waals surface area contributed by atoms with Crippen LogP contribution in [0.1, 0.15) is 41.1 Å². The Morgan fingerprint density at radius 2 is 1.62 bits per heavy atom. The van der Waals surface area contributed by atoms with Crippen molar-refractivity contribution in [2.45, 2.75) is 42.5 Å². The summed E-state index contributed by atoms with van der Waals surface area (Å²) in [6.45, 7) is 2.51.